The van der Waals surface area contributed by atoms with Crippen LogP contribution in [0.2, 0.25) is 0 Å². The zero-order valence-corrected chi connectivity index (χ0v) is 36.8. The third kappa shape index (κ3) is 10.9. The molecule has 0 radical (unpaired) electrons. The molecule has 0 spiro atoms. The van der Waals surface area contributed by atoms with Crippen molar-refractivity contribution in [2.24, 2.45) is 5.92 Å². The topological polar surface area (TPSA) is 238 Å². The maximum atomic E-state index is 14.2. The van der Waals surface area contributed by atoms with Gasteiger partial charge in [-0.3, -0.25) is 4.79 Å². The third-order valence-corrected chi connectivity index (χ3v) is 11.7. The summed E-state index contributed by atoms with van der Waals surface area (Å²) in [5, 5.41) is 3.44. The summed E-state index contributed by atoms with van der Waals surface area (Å²) in [7, 11) is 3.69. The number of anilines is 6. The zero-order valence-electron chi connectivity index (χ0n) is 36.8. The van der Waals surface area contributed by atoms with Gasteiger partial charge >= 0.3 is 0 Å². The standard InChI is InChI=1S/C20H20FN5O2.C13H17N5O.C13H17N5/c1-26-4-5-28-18(10-26)20(27)25-15-7-13(6-14(21)9-15)12-2-3-17-16(8-12)19(22)24-11-23-17;1-19-9-3-2-6-18(7-9)11-5-4-10-12(17-11)13(14)16-8-15-10;1-9-3-2-6-18(7-9)11-5-4-10-12(17-11)13(14)16-8-15-10/h2-3,6-9,11,18H,4-5,10H2,1H3,(H,25,27)(H2,22,23,24);4-5,8-9H,2-3,6-7H2,1H3,(H2,14,15,16);4-5,8-9H,2-3,6-7H2,1H3,(H2,14,15,16). The highest BCUT2D eigenvalue weighted by Gasteiger charge is 2.25. The molecule has 0 saturated carbocycles. The first kappa shape index (κ1) is 44.6. The lowest BCUT2D eigenvalue weighted by molar-refractivity contribution is -0.132. The van der Waals surface area contributed by atoms with Crippen molar-refractivity contribution in [3.8, 4) is 11.1 Å². The highest BCUT2D eigenvalue weighted by Crippen LogP contribution is 2.30. The minimum absolute atomic E-state index is 0.274. The average molecular weight is 884 g/mol. The largest absolute Gasteiger partial charge is 0.383 e. The smallest absolute Gasteiger partial charge is 0.254 e. The summed E-state index contributed by atoms with van der Waals surface area (Å²) in [6, 6.07) is 17.7. The fraction of sp³-hybridized carbons (Fsp3) is 0.370. The lowest BCUT2D eigenvalue weighted by atomic mass is 10.0. The number of ether oxygens (including phenoxy) is 2. The van der Waals surface area contributed by atoms with Crippen molar-refractivity contribution in [1.82, 2.24) is 44.8 Å². The second-order valence-electron chi connectivity index (χ2n) is 16.6. The number of carbonyl (C=O) groups excluding carboxylic acids is 1. The Morgan fingerprint density at radius 2 is 1.34 bits per heavy atom. The first-order valence-electron chi connectivity index (χ1n) is 21.7. The Kier molecular flexibility index (Phi) is 13.9. The molecule has 10 rings (SSSR count). The van der Waals surface area contributed by atoms with Gasteiger partial charge in [0.05, 0.1) is 29.3 Å². The van der Waals surface area contributed by atoms with E-state index in [0.717, 1.165) is 79.7 Å². The molecule has 3 saturated heterocycles. The van der Waals surface area contributed by atoms with Crippen LogP contribution in [0.4, 0.5) is 39.2 Å². The summed E-state index contributed by atoms with van der Waals surface area (Å²) in [5.74, 6) is 3.10. The van der Waals surface area contributed by atoms with Crippen LogP contribution in [0.15, 0.2) is 79.6 Å². The number of nitrogen functional groups attached to an aromatic ring is 3. The van der Waals surface area contributed by atoms with E-state index in [-0.39, 0.29) is 12.0 Å². The van der Waals surface area contributed by atoms with E-state index in [0.29, 0.717) is 63.8 Å². The lowest BCUT2D eigenvalue weighted by Gasteiger charge is -2.32. The maximum Gasteiger partial charge on any atom is 0.254 e. The van der Waals surface area contributed by atoms with Crippen LogP contribution >= 0.6 is 0 Å². The molecule has 3 aliphatic rings. The van der Waals surface area contributed by atoms with E-state index in [1.807, 2.05) is 48.3 Å². The Balaban J connectivity index is 0.000000138. The molecule has 0 aliphatic carbocycles. The molecule has 1 amide bonds. The van der Waals surface area contributed by atoms with Crippen LogP contribution < -0.4 is 32.3 Å². The number of piperidine rings is 2. The SMILES string of the molecule is CC1CCCN(c2ccc3ncnc(N)c3n2)C1.CN1CCOC(C(=O)Nc2cc(F)cc(-c3ccc4ncnc(N)c4c3)c2)C1.COC1CCCN(c2ccc3ncnc(N)c3n2)C1. The summed E-state index contributed by atoms with van der Waals surface area (Å²) >= 11 is 0. The summed E-state index contributed by atoms with van der Waals surface area (Å²) < 4.78 is 25.2. The summed E-state index contributed by atoms with van der Waals surface area (Å²) in [6.07, 6.45) is 8.77. The number of morpholine rings is 1. The molecular formula is C46H54FN15O3. The number of benzene rings is 2. The second kappa shape index (κ2) is 20.3. The Labute approximate surface area is 375 Å². The van der Waals surface area contributed by atoms with E-state index >= 15 is 0 Å². The number of nitrogens with two attached hydrogens (primary N) is 3. The molecule has 0 bridgehead atoms. The number of likely N-dealkylation sites (N-methyl/N-ethyl adjacent to an activating group) is 1. The molecule has 3 unspecified atom stereocenters. The maximum absolute atomic E-state index is 14.2. The summed E-state index contributed by atoms with van der Waals surface area (Å²) in [4.78, 5) is 52.7. The Morgan fingerprint density at radius 1 is 0.723 bits per heavy atom. The van der Waals surface area contributed by atoms with Gasteiger partial charge in [-0.15, -0.1) is 0 Å². The van der Waals surface area contributed by atoms with Crippen molar-refractivity contribution >= 4 is 73.7 Å². The molecule has 5 aromatic heterocycles. The van der Waals surface area contributed by atoms with Crippen molar-refractivity contribution < 1.29 is 18.7 Å². The van der Waals surface area contributed by atoms with Crippen molar-refractivity contribution in [2.45, 2.75) is 44.8 Å². The van der Waals surface area contributed by atoms with Gasteiger partial charge in [0, 0.05) is 57.5 Å². The number of carbonyl (C=O) groups is 1. The van der Waals surface area contributed by atoms with Crippen LogP contribution in [0, 0.1) is 11.7 Å². The van der Waals surface area contributed by atoms with E-state index in [1.165, 1.54) is 44.0 Å². The summed E-state index contributed by atoms with van der Waals surface area (Å²) in [6.45, 7) is 8.03. The number of rotatable bonds is 6. The van der Waals surface area contributed by atoms with Gasteiger partial charge in [-0.1, -0.05) is 13.0 Å². The molecule has 7 N–H and O–H groups in total. The molecule has 7 aromatic rings. The number of nitrogens with one attached hydrogen (secondary N) is 1. The Bertz CT molecular complexity index is 2780. The number of halogens is 1. The van der Waals surface area contributed by atoms with Crippen LogP contribution in [-0.2, 0) is 14.3 Å². The average Bonchev–Trinajstić information content (AvgIpc) is 3.32. The van der Waals surface area contributed by atoms with Gasteiger partial charge in [0.2, 0.25) is 0 Å². The van der Waals surface area contributed by atoms with Gasteiger partial charge < -0.3 is 46.7 Å². The number of amides is 1. The number of methoxy groups -OCH3 is 1. The summed E-state index contributed by atoms with van der Waals surface area (Å²) in [5.41, 5.74) is 23.0. The van der Waals surface area contributed by atoms with Crippen LogP contribution in [-0.4, -0.2) is 123 Å². The van der Waals surface area contributed by atoms with E-state index in [1.54, 1.807) is 19.2 Å². The van der Waals surface area contributed by atoms with Crippen molar-refractivity contribution in [2.75, 3.05) is 92.4 Å². The second-order valence-corrected chi connectivity index (χ2v) is 16.6. The van der Waals surface area contributed by atoms with Crippen LogP contribution in [0.3, 0.4) is 0 Å². The number of hydrogen-bond acceptors (Lipinski definition) is 17. The van der Waals surface area contributed by atoms with Gasteiger partial charge in [0.1, 0.15) is 59.4 Å². The molecule has 3 fully saturated rings. The molecule has 18 nitrogen and oxygen atoms in total. The quantitative estimate of drug-likeness (QED) is 0.165. The van der Waals surface area contributed by atoms with E-state index in [4.69, 9.17) is 26.7 Å². The number of hydrogen-bond donors (Lipinski definition) is 4. The van der Waals surface area contributed by atoms with Gasteiger partial charge in [-0.25, -0.2) is 44.3 Å². The molecule has 338 valence electrons. The normalized spacial score (nSPS) is 19.0. The number of nitrogens with zero attached hydrogens (tertiary/aromatic N) is 11. The number of fused-ring (bicyclic) bond motifs is 3. The first-order chi connectivity index (χ1) is 31.5. The molecule has 3 aliphatic heterocycles. The molecule has 19 heteroatoms. The highest BCUT2D eigenvalue weighted by molar-refractivity contribution is 5.96. The van der Waals surface area contributed by atoms with Gasteiger partial charge in [0.25, 0.3) is 5.91 Å². The van der Waals surface area contributed by atoms with Crippen molar-refractivity contribution in [1.29, 1.82) is 0 Å². The fourth-order valence-electron chi connectivity index (χ4n) is 8.23. The molecule has 65 heavy (non-hydrogen) atoms. The monoisotopic (exact) mass is 883 g/mol. The van der Waals surface area contributed by atoms with Crippen molar-refractivity contribution in [3.05, 3.63) is 85.5 Å². The van der Waals surface area contributed by atoms with Crippen molar-refractivity contribution in [3.63, 3.8) is 0 Å². The Morgan fingerprint density at radius 3 is 1.98 bits per heavy atom. The number of aromatic nitrogens is 8. The van der Waals surface area contributed by atoms with Gasteiger partial charge in [-0.05, 0) is 104 Å². The van der Waals surface area contributed by atoms with E-state index in [2.05, 4.69) is 61.9 Å². The Hall–Kier alpha value is -6.96. The lowest BCUT2D eigenvalue weighted by Crippen LogP contribution is -2.46. The number of pyridine rings is 2. The molecule has 8 heterocycles. The highest BCUT2D eigenvalue weighted by atomic mass is 19.1. The predicted octanol–water partition coefficient (Wildman–Crippen LogP) is 5.35. The first-order valence-corrected chi connectivity index (χ1v) is 21.7. The van der Waals surface area contributed by atoms with Gasteiger partial charge in [0.15, 0.2) is 11.6 Å². The van der Waals surface area contributed by atoms with Crippen LogP contribution in [0.5, 0.6) is 0 Å². The van der Waals surface area contributed by atoms with Crippen LogP contribution in [0.1, 0.15) is 32.6 Å². The molecular weight excluding hydrogens is 830 g/mol. The van der Waals surface area contributed by atoms with Gasteiger partial charge in [-0.2, -0.15) is 0 Å². The minimum atomic E-state index is -0.580. The zero-order chi connectivity index (χ0) is 45.5. The van der Waals surface area contributed by atoms with E-state index in [9.17, 15) is 9.18 Å². The van der Waals surface area contributed by atoms with E-state index < -0.39 is 11.9 Å². The fourth-order valence-corrected chi connectivity index (χ4v) is 8.23. The third-order valence-electron chi connectivity index (χ3n) is 11.7. The molecule has 2 aromatic carbocycles. The predicted molar refractivity (Wildman–Crippen MR) is 252 cm³/mol. The molecule has 3 atom stereocenters. The van der Waals surface area contributed by atoms with Crippen LogP contribution in [0.25, 0.3) is 44.1 Å². The minimum Gasteiger partial charge on any atom is -0.383 e.